The van der Waals surface area contributed by atoms with Gasteiger partial charge in [-0.25, -0.2) is 8.42 Å². The first-order valence-corrected chi connectivity index (χ1v) is 9.30. The minimum atomic E-state index is -3.47. The summed E-state index contributed by atoms with van der Waals surface area (Å²) in [4.78, 5) is 0.272. The molecule has 1 saturated carbocycles. The number of nitriles is 1. The first-order valence-electron chi connectivity index (χ1n) is 7.38. The third-order valence-electron chi connectivity index (χ3n) is 4.30. The summed E-state index contributed by atoms with van der Waals surface area (Å²) in [7, 11) is -3.47. The van der Waals surface area contributed by atoms with Crippen LogP contribution in [0, 0.1) is 23.2 Å². The Morgan fingerprint density at radius 2 is 1.95 bits per heavy atom. The van der Waals surface area contributed by atoms with Crippen LogP contribution in [0.1, 0.15) is 39.0 Å². The molecule has 0 aromatic heterocycles. The highest BCUT2D eigenvalue weighted by atomic mass is 35.5. The molecule has 5 heteroatoms. The molecule has 0 bridgehead atoms. The van der Waals surface area contributed by atoms with Gasteiger partial charge in [-0.2, -0.15) is 5.26 Å². The van der Waals surface area contributed by atoms with Crippen LogP contribution >= 0.6 is 11.6 Å². The van der Waals surface area contributed by atoms with E-state index in [9.17, 15) is 13.7 Å². The van der Waals surface area contributed by atoms with Gasteiger partial charge in [0.15, 0.2) is 9.84 Å². The molecule has 3 nitrogen and oxygen atoms in total. The average Bonchev–Trinajstić information content (AvgIpc) is 2.48. The molecular formula is C16H20ClNO2S. The summed E-state index contributed by atoms with van der Waals surface area (Å²) in [5.41, 5.74) is 0. The second-order valence-electron chi connectivity index (χ2n) is 5.74. The molecule has 3 unspecified atom stereocenters. The Balaban J connectivity index is 2.30. The van der Waals surface area contributed by atoms with Gasteiger partial charge in [-0.15, -0.1) is 0 Å². The lowest BCUT2D eigenvalue weighted by atomic mass is 9.80. The lowest BCUT2D eigenvalue weighted by Gasteiger charge is -2.32. The standard InChI is InChI=1S/C16H20ClNO2S/c1-2-3-12-4-5-13(11-18)16(10-12)21(19,20)15-8-6-14(17)7-9-15/h6-9,12-13,16H,2-5,10H2,1H3. The fraction of sp³-hybridized carbons (Fsp3) is 0.562. The maximum Gasteiger partial charge on any atom is 0.182 e. The molecule has 0 saturated heterocycles. The lowest BCUT2D eigenvalue weighted by molar-refractivity contribution is 0.299. The van der Waals surface area contributed by atoms with Crippen molar-refractivity contribution in [2.45, 2.75) is 49.2 Å². The van der Waals surface area contributed by atoms with Gasteiger partial charge in [-0.1, -0.05) is 31.4 Å². The van der Waals surface area contributed by atoms with Gasteiger partial charge in [0.1, 0.15) is 0 Å². The van der Waals surface area contributed by atoms with Crippen LogP contribution in [-0.2, 0) is 9.84 Å². The predicted molar refractivity (Wildman–Crippen MR) is 83.8 cm³/mol. The van der Waals surface area contributed by atoms with Crippen molar-refractivity contribution in [1.82, 2.24) is 0 Å². The molecule has 2 rings (SSSR count). The summed E-state index contributed by atoms with van der Waals surface area (Å²) in [5.74, 6) is 0.00505. The van der Waals surface area contributed by atoms with E-state index in [1.165, 1.54) is 12.1 Å². The van der Waals surface area contributed by atoms with E-state index < -0.39 is 21.0 Å². The monoisotopic (exact) mass is 325 g/mol. The van der Waals surface area contributed by atoms with Gasteiger partial charge in [-0.3, -0.25) is 0 Å². The van der Waals surface area contributed by atoms with Crippen molar-refractivity contribution in [3.63, 3.8) is 0 Å². The number of benzene rings is 1. The van der Waals surface area contributed by atoms with Crippen LogP contribution in [0.4, 0.5) is 0 Å². The van der Waals surface area contributed by atoms with Crippen LogP contribution in [0.2, 0.25) is 5.02 Å². The molecular weight excluding hydrogens is 306 g/mol. The topological polar surface area (TPSA) is 57.9 Å². The van der Waals surface area contributed by atoms with E-state index in [-0.39, 0.29) is 4.90 Å². The lowest BCUT2D eigenvalue weighted by Crippen LogP contribution is -2.35. The maximum atomic E-state index is 12.8. The van der Waals surface area contributed by atoms with Crippen LogP contribution in [0.15, 0.2) is 29.2 Å². The van der Waals surface area contributed by atoms with Gasteiger partial charge in [-0.05, 0) is 49.4 Å². The zero-order chi connectivity index (χ0) is 15.5. The van der Waals surface area contributed by atoms with Gasteiger partial charge in [0.05, 0.1) is 22.1 Å². The summed E-state index contributed by atoms with van der Waals surface area (Å²) >= 11 is 5.82. The molecule has 0 spiro atoms. The highest BCUT2D eigenvalue weighted by Crippen LogP contribution is 2.37. The van der Waals surface area contributed by atoms with Gasteiger partial charge < -0.3 is 0 Å². The number of hydrogen-bond acceptors (Lipinski definition) is 3. The van der Waals surface area contributed by atoms with Crippen LogP contribution in [0.25, 0.3) is 0 Å². The number of hydrogen-bond donors (Lipinski definition) is 0. The SMILES string of the molecule is CCCC1CCC(C#N)C(S(=O)(=O)c2ccc(Cl)cc2)C1. The molecule has 1 aliphatic carbocycles. The summed E-state index contributed by atoms with van der Waals surface area (Å²) in [6, 6.07) is 8.44. The molecule has 0 aliphatic heterocycles. The number of rotatable bonds is 4. The van der Waals surface area contributed by atoms with Crippen molar-refractivity contribution in [2.24, 2.45) is 11.8 Å². The van der Waals surface area contributed by atoms with E-state index >= 15 is 0 Å². The molecule has 0 radical (unpaired) electrons. The Bertz CT molecular complexity index is 619. The van der Waals surface area contributed by atoms with E-state index in [1.807, 2.05) is 0 Å². The van der Waals surface area contributed by atoms with Crippen molar-refractivity contribution in [3.05, 3.63) is 29.3 Å². The van der Waals surface area contributed by atoms with Crippen LogP contribution in [-0.4, -0.2) is 13.7 Å². The van der Waals surface area contributed by atoms with Gasteiger partial charge in [0.25, 0.3) is 0 Å². The fourth-order valence-electron chi connectivity index (χ4n) is 3.17. The number of sulfone groups is 1. The van der Waals surface area contributed by atoms with E-state index in [4.69, 9.17) is 11.6 Å². The molecule has 0 N–H and O–H groups in total. The van der Waals surface area contributed by atoms with Crippen molar-refractivity contribution in [2.75, 3.05) is 0 Å². The quantitative estimate of drug-likeness (QED) is 0.832. The van der Waals surface area contributed by atoms with Crippen molar-refractivity contribution < 1.29 is 8.42 Å². The van der Waals surface area contributed by atoms with Gasteiger partial charge in [0, 0.05) is 5.02 Å². The molecule has 1 fully saturated rings. The molecule has 3 atom stereocenters. The minimum Gasteiger partial charge on any atom is -0.223 e. The fourth-order valence-corrected chi connectivity index (χ4v) is 5.32. The number of halogens is 1. The zero-order valence-corrected chi connectivity index (χ0v) is 13.7. The largest absolute Gasteiger partial charge is 0.223 e. The van der Waals surface area contributed by atoms with E-state index in [2.05, 4.69) is 13.0 Å². The molecule has 1 aromatic rings. The second kappa shape index (κ2) is 6.81. The highest BCUT2D eigenvalue weighted by molar-refractivity contribution is 7.92. The molecule has 0 amide bonds. The molecule has 0 heterocycles. The summed E-state index contributed by atoms with van der Waals surface area (Å²) in [6.45, 7) is 2.11. The average molecular weight is 326 g/mol. The van der Waals surface area contributed by atoms with Crippen LogP contribution < -0.4 is 0 Å². The molecule has 1 aliphatic rings. The Labute approximate surface area is 131 Å². The summed E-state index contributed by atoms with van der Waals surface area (Å²) < 4.78 is 25.6. The predicted octanol–water partition coefficient (Wildman–Crippen LogP) is 4.22. The Morgan fingerprint density at radius 3 is 2.52 bits per heavy atom. The van der Waals surface area contributed by atoms with E-state index in [0.717, 1.165) is 19.3 Å². The van der Waals surface area contributed by atoms with Crippen molar-refractivity contribution in [1.29, 1.82) is 5.26 Å². The summed E-state index contributed by atoms with van der Waals surface area (Å²) in [5, 5.41) is 9.22. The Morgan fingerprint density at radius 1 is 1.29 bits per heavy atom. The van der Waals surface area contributed by atoms with Crippen molar-refractivity contribution >= 4 is 21.4 Å². The molecule has 1 aromatic carbocycles. The maximum absolute atomic E-state index is 12.8. The Kier molecular flexibility index (Phi) is 5.29. The van der Waals surface area contributed by atoms with Crippen molar-refractivity contribution in [3.8, 4) is 6.07 Å². The van der Waals surface area contributed by atoms with Gasteiger partial charge >= 0.3 is 0 Å². The minimum absolute atomic E-state index is 0.272. The highest BCUT2D eigenvalue weighted by Gasteiger charge is 2.39. The molecule has 21 heavy (non-hydrogen) atoms. The first-order chi connectivity index (χ1) is 9.98. The second-order valence-corrected chi connectivity index (χ2v) is 8.34. The van der Waals surface area contributed by atoms with Gasteiger partial charge in [0.2, 0.25) is 0 Å². The normalized spacial score (nSPS) is 26.2. The Hall–Kier alpha value is -1.05. The van der Waals surface area contributed by atoms with Crippen LogP contribution in [0.5, 0.6) is 0 Å². The van der Waals surface area contributed by atoms with E-state index in [0.29, 0.717) is 23.8 Å². The first kappa shape index (κ1) is 16.3. The smallest absolute Gasteiger partial charge is 0.182 e. The van der Waals surface area contributed by atoms with E-state index in [1.54, 1.807) is 12.1 Å². The third kappa shape index (κ3) is 3.59. The summed E-state index contributed by atoms with van der Waals surface area (Å²) in [6.07, 6.45) is 4.31. The third-order valence-corrected chi connectivity index (χ3v) is 6.80. The zero-order valence-electron chi connectivity index (χ0n) is 12.1. The number of nitrogens with zero attached hydrogens (tertiary/aromatic N) is 1. The molecule has 114 valence electrons. The van der Waals surface area contributed by atoms with Crippen LogP contribution in [0.3, 0.4) is 0 Å².